The number of amides is 1. The van der Waals surface area contributed by atoms with Gasteiger partial charge in [0.1, 0.15) is 0 Å². The second kappa shape index (κ2) is 7.17. The molecule has 0 bridgehead atoms. The van der Waals surface area contributed by atoms with E-state index in [0.717, 1.165) is 30.2 Å². The number of anilines is 3. The van der Waals surface area contributed by atoms with Crippen LogP contribution in [0.3, 0.4) is 0 Å². The zero-order valence-electron chi connectivity index (χ0n) is 13.3. The van der Waals surface area contributed by atoms with Crippen molar-refractivity contribution >= 4 is 23.2 Å². The van der Waals surface area contributed by atoms with Crippen LogP contribution in [0.15, 0.2) is 34.9 Å². The molecule has 0 unspecified atom stereocenters. The lowest BCUT2D eigenvalue weighted by atomic mass is 10.1. The van der Waals surface area contributed by atoms with Gasteiger partial charge in [-0.2, -0.15) is 0 Å². The Morgan fingerprint density at radius 3 is 2.78 bits per heavy atom. The number of nitrogens with one attached hydrogen (secondary N) is 2. The van der Waals surface area contributed by atoms with E-state index < -0.39 is 0 Å². The smallest absolute Gasteiger partial charge is 0.246 e. The molecular weight excluding hydrogens is 292 g/mol. The van der Waals surface area contributed by atoms with E-state index in [1.807, 2.05) is 25.1 Å². The minimum atomic E-state index is -0.158. The summed E-state index contributed by atoms with van der Waals surface area (Å²) < 4.78 is 4.99. The van der Waals surface area contributed by atoms with Gasteiger partial charge in [0, 0.05) is 19.2 Å². The van der Waals surface area contributed by atoms with Crippen LogP contribution in [-0.4, -0.2) is 30.7 Å². The van der Waals surface area contributed by atoms with E-state index in [2.05, 4.69) is 26.8 Å². The summed E-state index contributed by atoms with van der Waals surface area (Å²) in [5, 5.41) is 9.66. The molecule has 0 aliphatic carbocycles. The van der Waals surface area contributed by atoms with Gasteiger partial charge in [-0.25, -0.2) is 0 Å². The average molecular weight is 314 g/mol. The SMILES string of the molecule is Cc1cc(NC(=O)CNc2ccccc2N2CCCCC2)on1. The first kappa shape index (κ1) is 15.4. The van der Waals surface area contributed by atoms with Crippen LogP contribution in [0.2, 0.25) is 0 Å². The van der Waals surface area contributed by atoms with E-state index in [1.165, 1.54) is 19.3 Å². The fourth-order valence-electron chi connectivity index (χ4n) is 2.81. The first-order chi connectivity index (χ1) is 11.2. The van der Waals surface area contributed by atoms with Gasteiger partial charge >= 0.3 is 0 Å². The van der Waals surface area contributed by atoms with Crippen molar-refractivity contribution in [1.29, 1.82) is 0 Å². The molecular formula is C17H22N4O2. The number of carbonyl (C=O) groups excluding carboxylic acids is 1. The van der Waals surface area contributed by atoms with E-state index in [0.29, 0.717) is 5.88 Å². The lowest BCUT2D eigenvalue weighted by Gasteiger charge is -2.30. The fraction of sp³-hybridized carbons (Fsp3) is 0.412. The highest BCUT2D eigenvalue weighted by Crippen LogP contribution is 2.28. The molecule has 1 aromatic heterocycles. The molecule has 2 aromatic rings. The summed E-state index contributed by atoms with van der Waals surface area (Å²) in [6.07, 6.45) is 3.74. The predicted molar refractivity (Wildman–Crippen MR) is 90.9 cm³/mol. The lowest BCUT2D eigenvalue weighted by molar-refractivity contribution is -0.114. The van der Waals surface area contributed by atoms with E-state index in [9.17, 15) is 4.79 Å². The molecule has 1 fully saturated rings. The van der Waals surface area contributed by atoms with E-state index in [1.54, 1.807) is 6.07 Å². The summed E-state index contributed by atoms with van der Waals surface area (Å²) >= 11 is 0. The van der Waals surface area contributed by atoms with Gasteiger partial charge in [-0.15, -0.1) is 0 Å². The average Bonchev–Trinajstić information content (AvgIpc) is 2.99. The van der Waals surface area contributed by atoms with Crippen molar-refractivity contribution in [2.75, 3.05) is 35.2 Å². The number of aromatic nitrogens is 1. The molecule has 6 nitrogen and oxygen atoms in total. The van der Waals surface area contributed by atoms with Gasteiger partial charge in [0.2, 0.25) is 11.8 Å². The highest BCUT2D eigenvalue weighted by Gasteiger charge is 2.14. The molecule has 1 amide bonds. The van der Waals surface area contributed by atoms with Gasteiger partial charge < -0.3 is 14.7 Å². The van der Waals surface area contributed by atoms with Crippen molar-refractivity contribution in [2.45, 2.75) is 26.2 Å². The minimum absolute atomic E-state index is 0.158. The van der Waals surface area contributed by atoms with Crippen molar-refractivity contribution in [3.63, 3.8) is 0 Å². The maximum Gasteiger partial charge on any atom is 0.246 e. The third kappa shape index (κ3) is 4.03. The number of carbonyl (C=O) groups is 1. The molecule has 122 valence electrons. The highest BCUT2D eigenvalue weighted by atomic mass is 16.5. The topological polar surface area (TPSA) is 70.4 Å². The summed E-state index contributed by atoms with van der Waals surface area (Å²) in [4.78, 5) is 14.4. The van der Waals surface area contributed by atoms with Gasteiger partial charge in [0.05, 0.1) is 23.6 Å². The number of benzene rings is 1. The number of rotatable bonds is 5. The normalized spacial score (nSPS) is 14.6. The Balaban J connectivity index is 1.60. The van der Waals surface area contributed by atoms with Gasteiger partial charge in [-0.3, -0.25) is 10.1 Å². The second-order valence-electron chi connectivity index (χ2n) is 5.80. The molecule has 0 spiro atoms. The summed E-state index contributed by atoms with van der Waals surface area (Å²) in [6, 6.07) is 9.82. The van der Waals surface area contributed by atoms with Crippen LogP contribution in [0, 0.1) is 6.92 Å². The second-order valence-corrected chi connectivity index (χ2v) is 5.80. The first-order valence-electron chi connectivity index (χ1n) is 8.03. The molecule has 23 heavy (non-hydrogen) atoms. The molecule has 6 heteroatoms. The fourth-order valence-corrected chi connectivity index (χ4v) is 2.81. The van der Waals surface area contributed by atoms with E-state index in [4.69, 9.17) is 4.52 Å². The van der Waals surface area contributed by atoms with Crippen LogP contribution in [0.1, 0.15) is 25.0 Å². The standard InChI is InChI=1S/C17H22N4O2/c1-13-11-17(23-20-13)19-16(22)12-18-14-7-3-4-8-15(14)21-9-5-2-6-10-21/h3-4,7-8,11,18H,2,5-6,9-10,12H2,1H3,(H,19,22). The third-order valence-corrected chi connectivity index (χ3v) is 3.93. The first-order valence-corrected chi connectivity index (χ1v) is 8.03. The molecule has 1 aromatic carbocycles. The summed E-state index contributed by atoms with van der Waals surface area (Å²) in [6.45, 7) is 4.14. The Hall–Kier alpha value is -2.50. The van der Waals surface area contributed by atoms with Gasteiger partial charge in [-0.1, -0.05) is 17.3 Å². The van der Waals surface area contributed by atoms with Crippen molar-refractivity contribution in [2.24, 2.45) is 0 Å². The number of para-hydroxylation sites is 2. The van der Waals surface area contributed by atoms with Crippen LogP contribution in [-0.2, 0) is 4.79 Å². The number of hydrogen-bond acceptors (Lipinski definition) is 5. The zero-order chi connectivity index (χ0) is 16.1. The molecule has 0 atom stereocenters. The quantitative estimate of drug-likeness (QED) is 0.887. The molecule has 0 saturated carbocycles. The Morgan fingerprint density at radius 1 is 1.26 bits per heavy atom. The van der Waals surface area contributed by atoms with Crippen LogP contribution < -0.4 is 15.5 Å². The predicted octanol–water partition coefficient (Wildman–Crippen LogP) is 3.02. The summed E-state index contributed by atoms with van der Waals surface area (Å²) in [5.74, 6) is 0.216. The number of aryl methyl sites for hydroxylation is 1. The Morgan fingerprint density at radius 2 is 2.04 bits per heavy atom. The van der Waals surface area contributed by atoms with E-state index >= 15 is 0 Å². The van der Waals surface area contributed by atoms with Gasteiger partial charge in [0.15, 0.2) is 0 Å². The Labute approximate surface area is 135 Å². The molecule has 1 saturated heterocycles. The molecule has 3 rings (SSSR count). The summed E-state index contributed by atoms with van der Waals surface area (Å²) in [7, 11) is 0. The number of piperidine rings is 1. The van der Waals surface area contributed by atoms with Crippen LogP contribution in [0.4, 0.5) is 17.3 Å². The van der Waals surface area contributed by atoms with Crippen LogP contribution in [0.25, 0.3) is 0 Å². The van der Waals surface area contributed by atoms with Gasteiger partial charge in [-0.05, 0) is 38.3 Å². The van der Waals surface area contributed by atoms with Gasteiger partial charge in [0.25, 0.3) is 0 Å². The Kier molecular flexibility index (Phi) is 4.80. The van der Waals surface area contributed by atoms with Crippen molar-refractivity contribution < 1.29 is 9.32 Å². The maximum atomic E-state index is 12.0. The largest absolute Gasteiger partial charge is 0.374 e. The molecule has 2 heterocycles. The Bertz CT molecular complexity index is 662. The van der Waals surface area contributed by atoms with E-state index in [-0.39, 0.29) is 12.5 Å². The van der Waals surface area contributed by atoms with Crippen molar-refractivity contribution in [3.8, 4) is 0 Å². The monoisotopic (exact) mass is 314 g/mol. The lowest BCUT2D eigenvalue weighted by Crippen LogP contribution is -2.30. The maximum absolute atomic E-state index is 12.0. The van der Waals surface area contributed by atoms with Crippen LogP contribution >= 0.6 is 0 Å². The van der Waals surface area contributed by atoms with Crippen LogP contribution in [0.5, 0.6) is 0 Å². The minimum Gasteiger partial charge on any atom is -0.374 e. The third-order valence-electron chi connectivity index (χ3n) is 3.93. The molecule has 1 aliphatic heterocycles. The number of hydrogen-bond donors (Lipinski definition) is 2. The number of nitrogens with zero attached hydrogens (tertiary/aromatic N) is 2. The zero-order valence-corrected chi connectivity index (χ0v) is 13.3. The van der Waals surface area contributed by atoms with Crippen molar-refractivity contribution in [1.82, 2.24) is 5.16 Å². The molecule has 0 radical (unpaired) electrons. The van der Waals surface area contributed by atoms with Crippen molar-refractivity contribution in [3.05, 3.63) is 36.0 Å². The summed E-state index contributed by atoms with van der Waals surface area (Å²) in [5.41, 5.74) is 2.89. The highest BCUT2D eigenvalue weighted by molar-refractivity contribution is 5.93. The molecule has 2 N–H and O–H groups in total. The molecule has 1 aliphatic rings.